The second-order valence-corrected chi connectivity index (χ2v) is 7.96. The number of benzene rings is 3. The second-order valence-electron chi connectivity index (χ2n) is 7.96. The molecule has 1 heterocycles. The van der Waals surface area contributed by atoms with Gasteiger partial charge in [0.2, 0.25) is 0 Å². The van der Waals surface area contributed by atoms with Crippen LogP contribution in [0.2, 0.25) is 0 Å². The lowest BCUT2D eigenvalue weighted by atomic mass is 9.93. The summed E-state index contributed by atoms with van der Waals surface area (Å²) in [6.45, 7) is 3.08. The Morgan fingerprint density at radius 3 is 2.43 bits per heavy atom. The first kappa shape index (κ1) is 24.1. The van der Waals surface area contributed by atoms with Crippen LogP contribution in [0.3, 0.4) is 0 Å². The molecule has 7 heteroatoms. The van der Waals surface area contributed by atoms with Crippen molar-refractivity contribution in [2.75, 3.05) is 27.4 Å². The van der Waals surface area contributed by atoms with Crippen molar-refractivity contribution in [2.24, 2.45) is 4.99 Å². The first-order valence-electron chi connectivity index (χ1n) is 11.5. The highest BCUT2D eigenvalue weighted by Crippen LogP contribution is 2.35. The predicted molar refractivity (Wildman–Crippen MR) is 133 cm³/mol. The molecular weight excluding hydrogens is 446 g/mol. The quantitative estimate of drug-likeness (QED) is 0.304. The summed E-state index contributed by atoms with van der Waals surface area (Å²) in [6, 6.07) is 19.5. The van der Waals surface area contributed by atoms with Crippen molar-refractivity contribution in [2.45, 2.75) is 26.4 Å². The molecule has 0 saturated carbocycles. The van der Waals surface area contributed by atoms with E-state index in [1.807, 2.05) is 48.5 Å². The zero-order valence-corrected chi connectivity index (χ0v) is 20.2. The van der Waals surface area contributed by atoms with Gasteiger partial charge in [0, 0.05) is 24.2 Å². The summed E-state index contributed by atoms with van der Waals surface area (Å²) in [5, 5.41) is 0. The van der Waals surface area contributed by atoms with Crippen molar-refractivity contribution in [3.63, 3.8) is 0 Å². The maximum Gasteiger partial charge on any atom is 0.513 e. The number of fused-ring (bicyclic) bond motifs is 1. The first-order chi connectivity index (χ1) is 17.1. The smallest absolute Gasteiger partial charge is 0.493 e. The summed E-state index contributed by atoms with van der Waals surface area (Å²) in [4.78, 5) is 16.7. The SMILES string of the molecule is CCOC(=O)Oc1cc(CC2=NCCc3cc(OC)c(OCc4ccccc4)cc32)ccc1OC. The van der Waals surface area contributed by atoms with Gasteiger partial charge in [0.05, 0.1) is 20.8 Å². The lowest BCUT2D eigenvalue weighted by Crippen LogP contribution is -2.16. The molecule has 0 unspecified atom stereocenters. The zero-order chi connectivity index (χ0) is 24.6. The van der Waals surface area contributed by atoms with Crippen LogP contribution in [-0.4, -0.2) is 39.2 Å². The summed E-state index contributed by atoms with van der Waals surface area (Å²) in [5.41, 5.74) is 5.14. The fourth-order valence-electron chi connectivity index (χ4n) is 3.97. The van der Waals surface area contributed by atoms with Gasteiger partial charge in [-0.3, -0.25) is 4.99 Å². The maximum atomic E-state index is 11.9. The van der Waals surface area contributed by atoms with Gasteiger partial charge in [-0.05, 0) is 54.3 Å². The fraction of sp³-hybridized carbons (Fsp3) is 0.286. The van der Waals surface area contributed by atoms with E-state index < -0.39 is 6.16 Å². The number of nitrogens with zero attached hydrogens (tertiary/aromatic N) is 1. The fourth-order valence-corrected chi connectivity index (χ4v) is 3.97. The lowest BCUT2D eigenvalue weighted by molar-refractivity contribution is 0.103. The van der Waals surface area contributed by atoms with Crippen molar-refractivity contribution in [3.8, 4) is 23.0 Å². The van der Waals surface area contributed by atoms with E-state index in [9.17, 15) is 4.79 Å². The molecule has 0 fully saturated rings. The highest BCUT2D eigenvalue weighted by Gasteiger charge is 2.20. The molecule has 35 heavy (non-hydrogen) atoms. The minimum absolute atomic E-state index is 0.229. The molecule has 0 saturated heterocycles. The summed E-state index contributed by atoms with van der Waals surface area (Å²) < 4.78 is 27.3. The predicted octanol–water partition coefficient (Wildman–Crippen LogP) is 5.41. The summed E-state index contributed by atoms with van der Waals surface area (Å²) >= 11 is 0. The molecule has 0 atom stereocenters. The maximum absolute atomic E-state index is 11.9. The molecule has 1 aliphatic heterocycles. The summed E-state index contributed by atoms with van der Waals surface area (Å²) in [5.74, 6) is 2.14. The highest BCUT2D eigenvalue weighted by molar-refractivity contribution is 6.04. The molecule has 0 amide bonds. The van der Waals surface area contributed by atoms with E-state index in [1.54, 1.807) is 26.2 Å². The van der Waals surface area contributed by atoms with E-state index in [4.69, 9.17) is 28.7 Å². The van der Waals surface area contributed by atoms with Crippen LogP contribution in [0.25, 0.3) is 0 Å². The molecule has 3 aromatic carbocycles. The third-order valence-corrected chi connectivity index (χ3v) is 5.68. The van der Waals surface area contributed by atoms with E-state index in [2.05, 4.69) is 0 Å². The van der Waals surface area contributed by atoms with E-state index >= 15 is 0 Å². The molecule has 0 radical (unpaired) electrons. The standard InChI is InChI=1S/C28H29NO6/c1-4-33-28(30)35-27-15-20(10-11-24(27)31-2)14-23-22-17-26(34-18-19-8-6-5-7-9-19)25(32-3)16-21(22)12-13-29-23/h5-11,15-17H,4,12-14,18H2,1-3H3. The number of ether oxygens (including phenoxy) is 5. The lowest BCUT2D eigenvalue weighted by Gasteiger charge is -2.21. The van der Waals surface area contributed by atoms with Gasteiger partial charge < -0.3 is 23.7 Å². The second kappa shape index (κ2) is 11.4. The molecule has 182 valence electrons. The van der Waals surface area contributed by atoms with Crippen LogP contribution >= 0.6 is 0 Å². The molecule has 0 spiro atoms. The molecule has 0 N–H and O–H groups in total. The zero-order valence-electron chi connectivity index (χ0n) is 20.2. The van der Waals surface area contributed by atoms with Crippen LogP contribution in [-0.2, 0) is 24.2 Å². The normalized spacial score (nSPS) is 12.3. The van der Waals surface area contributed by atoms with Crippen molar-refractivity contribution in [1.82, 2.24) is 0 Å². The van der Waals surface area contributed by atoms with Crippen LogP contribution in [0.5, 0.6) is 23.0 Å². The number of rotatable bonds is 9. The average molecular weight is 476 g/mol. The van der Waals surface area contributed by atoms with Gasteiger partial charge in [-0.2, -0.15) is 0 Å². The van der Waals surface area contributed by atoms with Crippen molar-refractivity contribution >= 4 is 11.9 Å². The number of hydrogen-bond acceptors (Lipinski definition) is 7. The van der Waals surface area contributed by atoms with E-state index in [1.165, 1.54) is 7.11 Å². The number of aliphatic imine (C=N–C) groups is 1. The number of hydrogen-bond donors (Lipinski definition) is 0. The Labute approximate surface area is 205 Å². The highest BCUT2D eigenvalue weighted by atomic mass is 16.7. The molecule has 0 bridgehead atoms. The largest absolute Gasteiger partial charge is 0.513 e. The molecule has 0 aliphatic carbocycles. The topological polar surface area (TPSA) is 75.6 Å². The first-order valence-corrected chi connectivity index (χ1v) is 11.5. The van der Waals surface area contributed by atoms with Gasteiger partial charge in [-0.25, -0.2) is 4.79 Å². The molecule has 7 nitrogen and oxygen atoms in total. The number of methoxy groups -OCH3 is 2. The summed E-state index contributed by atoms with van der Waals surface area (Å²) in [7, 11) is 3.18. The molecule has 0 aromatic heterocycles. The van der Waals surface area contributed by atoms with Crippen LogP contribution in [0.15, 0.2) is 65.7 Å². The average Bonchev–Trinajstić information content (AvgIpc) is 2.88. The Balaban J connectivity index is 1.58. The third kappa shape index (κ3) is 5.93. The van der Waals surface area contributed by atoms with Gasteiger partial charge in [-0.1, -0.05) is 36.4 Å². The van der Waals surface area contributed by atoms with Gasteiger partial charge in [0.25, 0.3) is 0 Å². The Morgan fingerprint density at radius 2 is 1.69 bits per heavy atom. The van der Waals surface area contributed by atoms with Gasteiger partial charge in [-0.15, -0.1) is 0 Å². The Hall–Kier alpha value is -4.00. The van der Waals surface area contributed by atoms with Gasteiger partial charge in [0.15, 0.2) is 23.0 Å². The van der Waals surface area contributed by atoms with Gasteiger partial charge in [0.1, 0.15) is 6.61 Å². The van der Waals surface area contributed by atoms with E-state index in [0.29, 0.717) is 42.6 Å². The molecular formula is C28H29NO6. The molecule has 3 aromatic rings. The van der Waals surface area contributed by atoms with Crippen LogP contribution in [0.4, 0.5) is 4.79 Å². The van der Waals surface area contributed by atoms with E-state index in [-0.39, 0.29) is 6.61 Å². The van der Waals surface area contributed by atoms with Crippen molar-refractivity contribution < 1.29 is 28.5 Å². The van der Waals surface area contributed by atoms with Crippen LogP contribution in [0.1, 0.15) is 29.2 Å². The number of carbonyl (C=O) groups excluding carboxylic acids is 1. The summed E-state index contributed by atoms with van der Waals surface area (Å²) in [6.07, 6.45) is 0.616. The molecule has 4 rings (SSSR count). The Morgan fingerprint density at radius 1 is 0.886 bits per heavy atom. The van der Waals surface area contributed by atoms with Crippen LogP contribution < -0.4 is 18.9 Å². The van der Waals surface area contributed by atoms with E-state index in [0.717, 1.165) is 34.4 Å². The van der Waals surface area contributed by atoms with Crippen LogP contribution in [0, 0.1) is 0 Å². The van der Waals surface area contributed by atoms with Gasteiger partial charge >= 0.3 is 6.16 Å². The minimum Gasteiger partial charge on any atom is -0.493 e. The number of carbonyl (C=O) groups is 1. The Bertz CT molecular complexity index is 1210. The Kier molecular flexibility index (Phi) is 7.88. The molecule has 1 aliphatic rings. The monoisotopic (exact) mass is 475 g/mol. The third-order valence-electron chi connectivity index (χ3n) is 5.68. The minimum atomic E-state index is -0.768. The van der Waals surface area contributed by atoms with Crippen molar-refractivity contribution in [1.29, 1.82) is 0 Å². The van der Waals surface area contributed by atoms with Crippen molar-refractivity contribution in [3.05, 3.63) is 82.9 Å².